The third-order valence-electron chi connectivity index (χ3n) is 3.34. The van der Waals surface area contributed by atoms with E-state index in [0.717, 1.165) is 19.5 Å². The third kappa shape index (κ3) is 3.70. The van der Waals surface area contributed by atoms with E-state index in [2.05, 4.69) is 22.2 Å². The minimum Gasteiger partial charge on any atom is -0.384 e. The van der Waals surface area contributed by atoms with Gasteiger partial charge in [0, 0.05) is 13.0 Å². The highest BCUT2D eigenvalue weighted by Gasteiger charge is 2.19. The molecule has 5 heteroatoms. The maximum absolute atomic E-state index is 11.8. The Bertz CT molecular complexity index is 404. The van der Waals surface area contributed by atoms with Gasteiger partial charge in [0.15, 0.2) is 0 Å². The molecule has 5 nitrogen and oxygen atoms in total. The summed E-state index contributed by atoms with van der Waals surface area (Å²) in [7, 11) is 2.13. The standard InChI is InChI=1S/C13H20N4O/c1-17-7-6-10(9-17)2-5-13(18)16-11-3-4-12(14)15-8-11/h3-4,8,10H,2,5-7,9H2,1H3,(H2,14,15)(H,16,18). The van der Waals surface area contributed by atoms with Crippen molar-refractivity contribution in [3.63, 3.8) is 0 Å². The lowest BCUT2D eigenvalue weighted by molar-refractivity contribution is -0.116. The highest BCUT2D eigenvalue weighted by atomic mass is 16.1. The predicted molar refractivity (Wildman–Crippen MR) is 72.1 cm³/mol. The topological polar surface area (TPSA) is 71.2 Å². The van der Waals surface area contributed by atoms with E-state index in [1.54, 1.807) is 18.3 Å². The molecular formula is C13H20N4O. The van der Waals surface area contributed by atoms with Gasteiger partial charge >= 0.3 is 0 Å². The van der Waals surface area contributed by atoms with Crippen LogP contribution in [0.5, 0.6) is 0 Å². The van der Waals surface area contributed by atoms with E-state index in [0.29, 0.717) is 23.8 Å². The Morgan fingerprint density at radius 1 is 1.61 bits per heavy atom. The molecule has 1 amide bonds. The molecule has 1 aromatic rings. The van der Waals surface area contributed by atoms with Gasteiger partial charge in [0.05, 0.1) is 11.9 Å². The van der Waals surface area contributed by atoms with Crippen LogP contribution in [0.4, 0.5) is 11.5 Å². The lowest BCUT2D eigenvalue weighted by Crippen LogP contribution is -2.16. The van der Waals surface area contributed by atoms with Crippen LogP contribution < -0.4 is 11.1 Å². The number of nitrogens with two attached hydrogens (primary N) is 1. The smallest absolute Gasteiger partial charge is 0.224 e. The Morgan fingerprint density at radius 3 is 3.06 bits per heavy atom. The number of likely N-dealkylation sites (tertiary alicyclic amines) is 1. The molecule has 1 saturated heterocycles. The Labute approximate surface area is 107 Å². The van der Waals surface area contributed by atoms with Gasteiger partial charge in [0.1, 0.15) is 5.82 Å². The molecule has 0 radical (unpaired) electrons. The van der Waals surface area contributed by atoms with Crippen LogP contribution in [0, 0.1) is 5.92 Å². The zero-order valence-corrected chi connectivity index (χ0v) is 10.7. The van der Waals surface area contributed by atoms with Crippen molar-refractivity contribution in [3.05, 3.63) is 18.3 Å². The number of carbonyl (C=O) groups is 1. The van der Waals surface area contributed by atoms with Crippen molar-refractivity contribution in [3.8, 4) is 0 Å². The lowest BCUT2D eigenvalue weighted by atomic mass is 10.0. The number of amides is 1. The maximum atomic E-state index is 11.8. The summed E-state index contributed by atoms with van der Waals surface area (Å²) in [6, 6.07) is 3.45. The SMILES string of the molecule is CN1CCC(CCC(=O)Nc2ccc(N)nc2)C1. The quantitative estimate of drug-likeness (QED) is 0.843. The average Bonchev–Trinajstić information content (AvgIpc) is 2.76. The van der Waals surface area contributed by atoms with Crippen LogP contribution in [0.1, 0.15) is 19.3 Å². The summed E-state index contributed by atoms with van der Waals surface area (Å²) in [6.07, 6.45) is 4.31. The van der Waals surface area contributed by atoms with Crippen molar-refractivity contribution in [2.75, 3.05) is 31.2 Å². The molecule has 0 aliphatic carbocycles. The number of pyridine rings is 1. The van der Waals surface area contributed by atoms with Crippen molar-refractivity contribution < 1.29 is 4.79 Å². The molecule has 1 fully saturated rings. The molecule has 18 heavy (non-hydrogen) atoms. The maximum Gasteiger partial charge on any atom is 0.224 e. The Hall–Kier alpha value is -1.62. The largest absolute Gasteiger partial charge is 0.384 e. The van der Waals surface area contributed by atoms with Crippen LogP contribution in [0.15, 0.2) is 18.3 Å². The van der Waals surface area contributed by atoms with E-state index >= 15 is 0 Å². The van der Waals surface area contributed by atoms with Crippen molar-refractivity contribution >= 4 is 17.4 Å². The van der Waals surface area contributed by atoms with Gasteiger partial charge in [-0.05, 0) is 44.5 Å². The number of hydrogen-bond donors (Lipinski definition) is 2. The molecule has 1 aliphatic rings. The summed E-state index contributed by atoms with van der Waals surface area (Å²) in [4.78, 5) is 18.0. The number of rotatable bonds is 4. The molecule has 0 saturated carbocycles. The minimum absolute atomic E-state index is 0.0520. The van der Waals surface area contributed by atoms with Gasteiger partial charge < -0.3 is 16.0 Å². The second-order valence-corrected chi connectivity index (χ2v) is 4.98. The van der Waals surface area contributed by atoms with Crippen LogP contribution >= 0.6 is 0 Å². The number of anilines is 2. The zero-order valence-electron chi connectivity index (χ0n) is 10.7. The molecule has 1 aliphatic heterocycles. The summed E-state index contributed by atoms with van der Waals surface area (Å²) >= 11 is 0. The van der Waals surface area contributed by atoms with Crippen LogP contribution in [0.2, 0.25) is 0 Å². The third-order valence-corrected chi connectivity index (χ3v) is 3.34. The molecule has 98 valence electrons. The molecule has 2 heterocycles. The van der Waals surface area contributed by atoms with Crippen molar-refractivity contribution in [2.24, 2.45) is 5.92 Å². The number of nitrogen functional groups attached to an aromatic ring is 1. The van der Waals surface area contributed by atoms with Gasteiger partial charge in [-0.15, -0.1) is 0 Å². The van der Waals surface area contributed by atoms with E-state index in [-0.39, 0.29) is 5.91 Å². The molecule has 2 rings (SSSR count). The zero-order chi connectivity index (χ0) is 13.0. The van der Waals surface area contributed by atoms with Crippen LogP contribution in [-0.2, 0) is 4.79 Å². The monoisotopic (exact) mass is 248 g/mol. The Kier molecular flexibility index (Phi) is 4.15. The second kappa shape index (κ2) is 5.82. The summed E-state index contributed by atoms with van der Waals surface area (Å²) in [5, 5.41) is 2.83. The Morgan fingerprint density at radius 2 is 2.44 bits per heavy atom. The van der Waals surface area contributed by atoms with Gasteiger partial charge in [0.25, 0.3) is 0 Å². The lowest BCUT2D eigenvalue weighted by Gasteiger charge is -2.10. The molecule has 1 unspecified atom stereocenters. The second-order valence-electron chi connectivity index (χ2n) is 4.98. The van der Waals surface area contributed by atoms with Crippen molar-refractivity contribution in [1.82, 2.24) is 9.88 Å². The number of nitrogens with zero attached hydrogens (tertiary/aromatic N) is 2. The number of carbonyl (C=O) groups excluding carboxylic acids is 1. The van der Waals surface area contributed by atoms with Gasteiger partial charge in [-0.1, -0.05) is 0 Å². The first-order valence-electron chi connectivity index (χ1n) is 6.33. The van der Waals surface area contributed by atoms with Crippen LogP contribution in [0.25, 0.3) is 0 Å². The fourth-order valence-electron chi connectivity index (χ4n) is 2.30. The van der Waals surface area contributed by atoms with E-state index in [1.165, 1.54) is 6.42 Å². The van der Waals surface area contributed by atoms with Crippen molar-refractivity contribution in [2.45, 2.75) is 19.3 Å². The first kappa shape index (κ1) is 12.8. The number of hydrogen-bond acceptors (Lipinski definition) is 4. The molecule has 0 bridgehead atoms. The summed E-state index contributed by atoms with van der Waals surface area (Å²) < 4.78 is 0. The van der Waals surface area contributed by atoms with Gasteiger partial charge in [-0.2, -0.15) is 0 Å². The molecule has 0 aromatic carbocycles. The molecule has 1 atom stereocenters. The number of aromatic nitrogens is 1. The summed E-state index contributed by atoms with van der Waals surface area (Å²) in [6.45, 7) is 2.25. The highest BCUT2D eigenvalue weighted by molar-refractivity contribution is 5.90. The average molecular weight is 248 g/mol. The molecule has 3 N–H and O–H groups in total. The highest BCUT2D eigenvalue weighted by Crippen LogP contribution is 2.19. The van der Waals surface area contributed by atoms with E-state index in [9.17, 15) is 4.79 Å². The van der Waals surface area contributed by atoms with Crippen LogP contribution in [0.3, 0.4) is 0 Å². The normalized spacial score (nSPS) is 19.9. The fourth-order valence-corrected chi connectivity index (χ4v) is 2.30. The van der Waals surface area contributed by atoms with Crippen molar-refractivity contribution in [1.29, 1.82) is 0 Å². The van der Waals surface area contributed by atoms with E-state index in [1.807, 2.05) is 0 Å². The number of nitrogens with one attached hydrogen (secondary N) is 1. The summed E-state index contributed by atoms with van der Waals surface area (Å²) in [5.74, 6) is 1.17. The predicted octanol–water partition coefficient (Wildman–Crippen LogP) is 1.33. The summed E-state index contributed by atoms with van der Waals surface area (Å²) in [5.41, 5.74) is 6.19. The first-order chi connectivity index (χ1) is 8.63. The molecule has 0 spiro atoms. The molecular weight excluding hydrogens is 228 g/mol. The fraction of sp³-hybridized carbons (Fsp3) is 0.538. The minimum atomic E-state index is 0.0520. The van der Waals surface area contributed by atoms with E-state index < -0.39 is 0 Å². The Balaban J connectivity index is 1.73. The van der Waals surface area contributed by atoms with E-state index in [4.69, 9.17) is 5.73 Å². The van der Waals surface area contributed by atoms with Gasteiger partial charge in [-0.25, -0.2) is 4.98 Å². The molecule has 1 aromatic heterocycles. The first-order valence-corrected chi connectivity index (χ1v) is 6.33. The van der Waals surface area contributed by atoms with Gasteiger partial charge in [0.2, 0.25) is 5.91 Å². The van der Waals surface area contributed by atoms with Crippen LogP contribution in [-0.4, -0.2) is 35.9 Å². The van der Waals surface area contributed by atoms with Gasteiger partial charge in [-0.3, -0.25) is 4.79 Å².